The highest BCUT2D eigenvalue weighted by molar-refractivity contribution is 8.00. The number of hydrogen-bond acceptors (Lipinski definition) is 3. The molecule has 0 atom stereocenters. The van der Waals surface area contributed by atoms with Gasteiger partial charge >= 0.3 is 0 Å². The monoisotopic (exact) mass is 649 g/mol. The van der Waals surface area contributed by atoms with Gasteiger partial charge in [0.25, 0.3) is 0 Å². The maximum Gasteiger partial charge on any atom is 0.0686 e. The molecule has 0 unspecified atom stereocenters. The molecule has 0 amide bonds. The fraction of sp³-hybridized carbons (Fsp3) is 0.0667. The largest absolute Gasteiger partial charge is 0.308 e. The van der Waals surface area contributed by atoms with Crippen LogP contribution in [0.5, 0.6) is 0 Å². The van der Waals surface area contributed by atoms with Crippen LogP contribution in [0, 0.1) is 0 Å². The van der Waals surface area contributed by atoms with Crippen molar-refractivity contribution in [1.29, 1.82) is 0 Å². The van der Waals surface area contributed by atoms with Gasteiger partial charge in [0.2, 0.25) is 0 Å². The van der Waals surface area contributed by atoms with Crippen LogP contribution in [0.1, 0.15) is 25.0 Å². The van der Waals surface area contributed by atoms with E-state index in [1.54, 1.807) is 0 Å². The average molecular weight is 650 g/mol. The molecule has 48 heavy (non-hydrogen) atoms. The molecule has 8 aromatic rings. The van der Waals surface area contributed by atoms with Crippen LogP contribution in [0.15, 0.2) is 161 Å². The number of para-hydroxylation sites is 1. The van der Waals surface area contributed by atoms with Crippen molar-refractivity contribution in [2.75, 3.05) is 4.90 Å². The van der Waals surface area contributed by atoms with Crippen LogP contribution in [0.3, 0.4) is 0 Å². The van der Waals surface area contributed by atoms with Gasteiger partial charge in [-0.15, -0.1) is 11.3 Å². The van der Waals surface area contributed by atoms with Gasteiger partial charge < -0.3 is 4.90 Å². The fourth-order valence-electron chi connectivity index (χ4n) is 7.95. The van der Waals surface area contributed by atoms with E-state index in [4.69, 9.17) is 0 Å². The topological polar surface area (TPSA) is 3.24 Å². The zero-order valence-corrected chi connectivity index (χ0v) is 28.3. The van der Waals surface area contributed by atoms with Crippen molar-refractivity contribution in [1.82, 2.24) is 0 Å². The smallest absolute Gasteiger partial charge is 0.0686 e. The average Bonchev–Trinajstić information content (AvgIpc) is 3.63. The van der Waals surface area contributed by atoms with Crippen LogP contribution >= 0.6 is 23.1 Å². The molecule has 1 aliphatic heterocycles. The van der Waals surface area contributed by atoms with E-state index < -0.39 is 0 Å². The molecule has 3 heteroatoms. The van der Waals surface area contributed by atoms with E-state index in [0.717, 1.165) is 0 Å². The number of fused-ring (bicyclic) bond motifs is 9. The highest BCUT2D eigenvalue weighted by atomic mass is 32.2. The lowest BCUT2D eigenvalue weighted by molar-refractivity contribution is 0.660. The van der Waals surface area contributed by atoms with Gasteiger partial charge in [0.05, 0.1) is 11.4 Å². The molecule has 0 bridgehead atoms. The standard InChI is InChI=1S/C45H31NS2/c1-45(2)36-22-11-9-19-34(36)41-37(45)27-35(28-14-5-3-6-15-28)42-44(41)48-40-25-24-29(26-38(40)46(42)30-16-7-4-8-17-30)31-20-13-21-33-32-18-10-12-23-39(32)47-43(31)33/h3-27H,1-2H3. The molecular formula is C45H31NS2. The highest BCUT2D eigenvalue weighted by Gasteiger charge is 2.41. The minimum absolute atomic E-state index is 0.101. The molecule has 0 spiro atoms. The summed E-state index contributed by atoms with van der Waals surface area (Å²) in [6.45, 7) is 4.77. The molecular weight excluding hydrogens is 619 g/mol. The van der Waals surface area contributed by atoms with Crippen molar-refractivity contribution >= 4 is 60.3 Å². The lowest BCUT2D eigenvalue weighted by atomic mass is 9.81. The third kappa shape index (κ3) is 3.98. The summed E-state index contributed by atoms with van der Waals surface area (Å²) in [6.07, 6.45) is 0. The van der Waals surface area contributed by atoms with Gasteiger partial charge in [0, 0.05) is 52.2 Å². The second-order valence-corrected chi connectivity index (χ2v) is 15.4. The third-order valence-corrected chi connectivity index (χ3v) is 12.6. The molecule has 0 fully saturated rings. The Bertz CT molecular complexity index is 2560. The predicted octanol–water partition coefficient (Wildman–Crippen LogP) is 13.6. The molecule has 0 N–H and O–H groups in total. The summed E-state index contributed by atoms with van der Waals surface area (Å²) in [4.78, 5) is 5.14. The maximum absolute atomic E-state index is 2.53. The molecule has 10 rings (SSSR count). The zero-order chi connectivity index (χ0) is 32.0. The van der Waals surface area contributed by atoms with E-state index in [0.29, 0.717) is 0 Å². The Morgan fingerprint density at radius 3 is 2.10 bits per heavy atom. The van der Waals surface area contributed by atoms with Crippen LogP contribution in [-0.2, 0) is 5.41 Å². The summed E-state index contributed by atoms with van der Waals surface area (Å²) in [7, 11) is 0. The fourth-order valence-corrected chi connectivity index (χ4v) is 10.4. The summed E-state index contributed by atoms with van der Waals surface area (Å²) < 4.78 is 2.67. The van der Waals surface area contributed by atoms with Crippen LogP contribution in [-0.4, -0.2) is 0 Å². The van der Waals surface area contributed by atoms with Gasteiger partial charge in [-0.1, -0.05) is 141 Å². The number of anilines is 3. The van der Waals surface area contributed by atoms with Gasteiger partial charge in [-0.2, -0.15) is 0 Å². The van der Waals surface area contributed by atoms with Crippen molar-refractivity contribution in [2.45, 2.75) is 29.1 Å². The summed E-state index contributed by atoms with van der Waals surface area (Å²) in [5.74, 6) is 0. The van der Waals surface area contributed by atoms with E-state index in [1.807, 2.05) is 23.1 Å². The van der Waals surface area contributed by atoms with Crippen molar-refractivity contribution in [3.63, 3.8) is 0 Å². The Kier molecular flexibility index (Phi) is 6.09. The minimum Gasteiger partial charge on any atom is -0.308 e. The SMILES string of the molecule is CC1(C)c2ccccc2-c2c1cc(-c1ccccc1)c1c2Sc2ccc(-c3cccc4c3sc3ccccc34)cc2N1c1ccccc1. The van der Waals surface area contributed by atoms with E-state index in [9.17, 15) is 0 Å². The first-order valence-corrected chi connectivity index (χ1v) is 18.2. The molecule has 1 aromatic heterocycles. The number of benzene rings is 7. The second kappa shape index (κ2) is 10.5. The lowest BCUT2D eigenvalue weighted by Crippen LogP contribution is -2.19. The first-order valence-electron chi connectivity index (χ1n) is 16.5. The minimum atomic E-state index is -0.101. The molecule has 0 saturated heterocycles. The summed E-state index contributed by atoms with van der Waals surface area (Å²) in [6, 6.07) is 56.1. The number of thiophene rings is 1. The van der Waals surface area contributed by atoms with Gasteiger partial charge in [0.15, 0.2) is 0 Å². The van der Waals surface area contributed by atoms with Crippen molar-refractivity contribution in [2.24, 2.45) is 0 Å². The van der Waals surface area contributed by atoms with Gasteiger partial charge in [-0.05, 0) is 69.8 Å². The number of rotatable bonds is 3. The maximum atomic E-state index is 2.53. The second-order valence-electron chi connectivity index (χ2n) is 13.3. The number of nitrogens with zero attached hydrogens (tertiary/aromatic N) is 1. The van der Waals surface area contributed by atoms with E-state index in [2.05, 4.69) is 170 Å². The summed E-state index contributed by atoms with van der Waals surface area (Å²) >= 11 is 3.83. The Morgan fingerprint density at radius 2 is 1.25 bits per heavy atom. The first kappa shape index (κ1) is 28.0. The molecule has 0 radical (unpaired) electrons. The Labute approximate surface area is 289 Å². The summed E-state index contributed by atoms with van der Waals surface area (Å²) in [5.41, 5.74) is 14.1. The van der Waals surface area contributed by atoms with Crippen LogP contribution < -0.4 is 4.90 Å². The molecule has 1 nitrogen and oxygen atoms in total. The van der Waals surface area contributed by atoms with Crippen LogP contribution in [0.4, 0.5) is 17.1 Å². The van der Waals surface area contributed by atoms with Crippen molar-refractivity contribution < 1.29 is 0 Å². The Hall–Kier alpha value is -5.09. The molecule has 2 aliphatic rings. The molecule has 1 aliphatic carbocycles. The van der Waals surface area contributed by atoms with Gasteiger partial charge in [-0.3, -0.25) is 0 Å². The van der Waals surface area contributed by atoms with Crippen molar-refractivity contribution in [3.05, 3.63) is 163 Å². The quantitative estimate of drug-likeness (QED) is 0.187. The van der Waals surface area contributed by atoms with Crippen LogP contribution in [0.25, 0.3) is 53.6 Å². The van der Waals surface area contributed by atoms with Crippen molar-refractivity contribution in [3.8, 4) is 33.4 Å². The molecule has 0 saturated carbocycles. The van der Waals surface area contributed by atoms with E-state index in [-0.39, 0.29) is 5.41 Å². The summed E-state index contributed by atoms with van der Waals surface area (Å²) in [5, 5.41) is 2.66. The third-order valence-electron chi connectivity index (χ3n) is 10.2. The lowest BCUT2D eigenvalue weighted by Gasteiger charge is -2.37. The molecule has 7 aromatic carbocycles. The Morgan fingerprint density at radius 1 is 0.542 bits per heavy atom. The van der Waals surface area contributed by atoms with E-state index >= 15 is 0 Å². The molecule has 2 heterocycles. The van der Waals surface area contributed by atoms with Gasteiger partial charge in [-0.25, -0.2) is 0 Å². The zero-order valence-electron chi connectivity index (χ0n) is 26.7. The highest BCUT2D eigenvalue weighted by Crippen LogP contribution is 2.63. The first-order chi connectivity index (χ1) is 23.6. The van der Waals surface area contributed by atoms with Crippen LogP contribution in [0.2, 0.25) is 0 Å². The van der Waals surface area contributed by atoms with E-state index in [1.165, 1.54) is 91.5 Å². The normalized spacial score (nSPS) is 14.1. The Balaban J connectivity index is 1.27. The predicted molar refractivity (Wildman–Crippen MR) is 207 cm³/mol. The number of hydrogen-bond donors (Lipinski definition) is 0. The van der Waals surface area contributed by atoms with Gasteiger partial charge in [0.1, 0.15) is 0 Å². The molecule has 228 valence electrons.